The first-order valence-electron chi connectivity index (χ1n) is 11.8. The minimum atomic E-state index is -0.302. The fourth-order valence-corrected chi connectivity index (χ4v) is 4.40. The number of aromatic nitrogens is 5. The molecule has 1 saturated heterocycles. The number of aryl methyl sites for hydroxylation is 1. The Bertz CT molecular complexity index is 1210. The fourth-order valence-electron chi connectivity index (χ4n) is 4.40. The van der Waals surface area contributed by atoms with Crippen LogP contribution >= 0.6 is 0 Å². The molecule has 9 nitrogen and oxygen atoms in total. The molecule has 0 unspecified atom stereocenters. The maximum atomic E-state index is 13.1. The lowest BCUT2D eigenvalue weighted by Crippen LogP contribution is -2.35. The lowest BCUT2D eigenvalue weighted by atomic mass is 10.0. The van der Waals surface area contributed by atoms with E-state index < -0.39 is 0 Å². The SMILES string of the molecule is CCCOc1ncc(C(C)=O)cc1-c1nc2c(CC)n(C3CCN(CC)CC3)nc2c(=O)[nH]1. The summed E-state index contributed by atoms with van der Waals surface area (Å²) in [4.78, 5) is 39.5. The topological polar surface area (TPSA) is 106 Å². The molecule has 1 aliphatic heterocycles. The maximum absolute atomic E-state index is 13.1. The number of aromatic amines is 1. The molecule has 9 heteroatoms. The van der Waals surface area contributed by atoms with E-state index in [-0.39, 0.29) is 17.4 Å². The Kier molecular flexibility index (Phi) is 6.88. The van der Waals surface area contributed by atoms with Crippen molar-refractivity contribution in [1.29, 1.82) is 0 Å². The van der Waals surface area contributed by atoms with Crippen molar-refractivity contribution in [2.75, 3.05) is 26.2 Å². The highest BCUT2D eigenvalue weighted by Crippen LogP contribution is 2.30. The van der Waals surface area contributed by atoms with Crippen LogP contribution in [-0.2, 0) is 6.42 Å². The average Bonchev–Trinajstić information content (AvgIpc) is 3.21. The molecule has 3 aromatic rings. The van der Waals surface area contributed by atoms with Crippen molar-refractivity contribution in [3.63, 3.8) is 0 Å². The van der Waals surface area contributed by atoms with Gasteiger partial charge in [0.25, 0.3) is 5.56 Å². The number of nitrogens with zero attached hydrogens (tertiary/aromatic N) is 5. The lowest BCUT2D eigenvalue weighted by Gasteiger charge is -2.31. The third kappa shape index (κ3) is 4.55. The van der Waals surface area contributed by atoms with Gasteiger partial charge in [-0.3, -0.25) is 14.3 Å². The quantitative estimate of drug-likeness (QED) is 0.522. The second-order valence-corrected chi connectivity index (χ2v) is 8.50. The van der Waals surface area contributed by atoms with E-state index in [0.29, 0.717) is 46.9 Å². The molecular weight excluding hydrogens is 420 g/mol. The molecule has 0 aliphatic carbocycles. The highest BCUT2D eigenvalue weighted by atomic mass is 16.5. The summed E-state index contributed by atoms with van der Waals surface area (Å²) in [7, 11) is 0. The fraction of sp³-hybridized carbons (Fsp3) is 0.542. The van der Waals surface area contributed by atoms with Gasteiger partial charge >= 0.3 is 0 Å². The molecule has 0 atom stereocenters. The summed E-state index contributed by atoms with van der Waals surface area (Å²) >= 11 is 0. The highest BCUT2D eigenvalue weighted by Gasteiger charge is 2.25. The number of Topliss-reactive ketones (excluding diaryl/α,β-unsaturated/α-hetero) is 1. The van der Waals surface area contributed by atoms with E-state index in [2.05, 4.69) is 28.7 Å². The van der Waals surface area contributed by atoms with Gasteiger partial charge in [-0.25, -0.2) is 9.97 Å². The van der Waals surface area contributed by atoms with Crippen LogP contribution in [-0.4, -0.2) is 61.7 Å². The van der Waals surface area contributed by atoms with E-state index in [1.54, 1.807) is 6.07 Å². The zero-order valence-electron chi connectivity index (χ0n) is 19.8. The maximum Gasteiger partial charge on any atom is 0.279 e. The minimum absolute atomic E-state index is 0.116. The summed E-state index contributed by atoms with van der Waals surface area (Å²) in [5, 5.41) is 4.70. The summed E-state index contributed by atoms with van der Waals surface area (Å²) in [5.41, 5.74) is 2.54. The normalized spacial score (nSPS) is 15.3. The van der Waals surface area contributed by atoms with Crippen LogP contribution in [0, 0.1) is 0 Å². The van der Waals surface area contributed by atoms with E-state index in [1.807, 2.05) is 11.6 Å². The summed E-state index contributed by atoms with van der Waals surface area (Å²) in [6, 6.07) is 1.94. The predicted molar refractivity (Wildman–Crippen MR) is 127 cm³/mol. The van der Waals surface area contributed by atoms with Gasteiger partial charge in [0.15, 0.2) is 11.3 Å². The molecule has 0 bridgehead atoms. The number of carbonyl (C=O) groups is 1. The Morgan fingerprint density at radius 3 is 2.61 bits per heavy atom. The number of ketones is 1. The van der Waals surface area contributed by atoms with Gasteiger partial charge in [-0.05, 0) is 45.2 Å². The molecular formula is C24H32N6O3. The van der Waals surface area contributed by atoms with Crippen LogP contribution in [0.3, 0.4) is 0 Å². The van der Waals surface area contributed by atoms with Crippen molar-refractivity contribution < 1.29 is 9.53 Å². The van der Waals surface area contributed by atoms with E-state index >= 15 is 0 Å². The van der Waals surface area contributed by atoms with Crippen LogP contribution in [0.1, 0.15) is 69.1 Å². The number of hydrogen-bond acceptors (Lipinski definition) is 7. The Morgan fingerprint density at radius 1 is 1.21 bits per heavy atom. The zero-order chi connectivity index (χ0) is 23.5. The van der Waals surface area contributed by atoms with Crippen LogP contribution in [0.5, 0.6) is 5.88 Å². The molecule has 0 radical (unpaired) electrons. The monoisotopic (exact) mass is 452 g/mol. The van der Waals surface area contributed by atoms with Gasteiger partial charge in [-0.2, -0.15) is 5.10 Å². The molecule has 1 N–H and O–H groups in total. The summed E-state index contributed by atoms with van der Waals surface area (Å²) in [5.74, 6) is 0.570. The smallest absolute Gasteiger partial charge is 0.279 e. The van der Waals surface area contributed by atoms with Crippen LogP contribution in [0.2, 0.25) is 0 Å². The Labute approximate surface area is 193 Å². The third-order valence-electron chi connectivity index (χ3n) is 6.29. The van der Waals surface area contributed by atoms with Crippen LogP contribution in [0.4, 0.5) is 0 Å². The molecule has 1 aliphatic rings. The Morgan fingerprint density at radius 2 is 1.97 bits per heavy atom. The first kappa shape index (κ1) is 23.1. The van der Waals surface area contributed by atoms with Crippen LogP contribution < -0.4 is 10.3 Å². The standard InChI is InChI=1S/C24H32N6O3/c1-5-12-33-24-18(13-16(14-25-24)15(4)31)22-26-20-19(6-2)30(28-21(20)23(32)27-22)17-8-10-29(7-3)11-9-17/h13-14,17H,5-12H2,1-4H3,(H,26,27,32). The number of rotatable bonds is 8. The number of pyridine rings is 1. The number of likely N-dealkylation sites (tertiary alicyclic amines) is 1. The Balaban J connectivity index is 1.82. The first-order chi connectivity index (χ1) is 16.0. The zero-order valence-corrected chi connectivity index (χ0v) is 19.8. The van der Waals surface area contributed by atoms with Crippen molar-refractivity contribution in [3.8, 4) is 17.3 Å². The molecule has 1 fully saturated rings. The summed E-state index contributed by atoms with van der Waals surface area (Å²) < 4.78 is 7.81. The van der Waals surface area contributed by atoms with Gasteiger partial charge in [-0.1, -0.05) is 20.8 Å². The number of H-pyrrole nitrogens is 1. The third-order valence-corrected chi connectivity index (χ3v) is 6.29. The molecule has 0 spiro atoms. The van der Waals surface area contributed by atoms with Crippen molar-refractivity contribution in [2.24, 2.45) is 0 Å². The van der Waals surface area contributed by atoms with E-state index in [0.717, 1.165) is 44.6 Å². The van der Waals surface area contributed by atoms with Gasteiger partial charge in [0.05, 0.1) is 23.9 Å². The molecule has 4 rings (SSSR count). The van der Waals surface area contributed by atoms with Gasteiger partial charge in [-0.15, -0.1) is 0 Å². The van der Waals surface area contributed by atoms with Crippen LogP contribution in [0.25, 0.3) is 22.4 Å². The summed E-state index contributed by atoms with van der Waals surface area (Å²) in [6.45, 7) is 11.3. The molecule has 3 aromatic heterocycles. The van der Waals surface area contributed by atoms with Crippen molar-refractivity contribution in [2.45, 2.75) is 59.4 Å². The van der Waals surface area contributed by atoms with Crippen molar-refractivity contribution >= 4 is 16.8 Å². The lowest BCUT2D eigenvalue weighted by molar-refractivity contribution is 0.101. The Hall–Kier alpha value is -3.07. The largest absolute Gasteiger partial charge is 0.477 e. The number of fused-ring (bicyclic) bond motifs is 1. The van der Waals surface area contributed by atoms with Gasteiger partial charge in [0.2, 0.25) is 5.88 Å². The van der Waals surface area contributed by atoms with Crippen molar-refractivity contribution in [3.05, 3.63) is 33.9 Å². The highest BCUT2D eigenvalue weighted by molar-refractivity contribution is 5.95. The van der Waals surface area contributed by atoms with E-state index in [9.17, 15) is 9.59 Å². The molecule has 33 heavy (non-hydrogen) atoms. The van der Waals surface area contributed by atoms with Gasteiger partial charge in [0, 0.05) is 24.8 Å². The summed E-state index contributed by atoms with van der Waals surface area (Å²) in [6.07, 6.45) is 5.01. The number of hydrogen-bond donors (Lipinski definition) is 1. The minimum Gasteiger partial charge on any atom is -0.477 e. The van der Waals surface area contributed by atoms with E-state index in [4.69, 9.17) is 14.8 Å². The molecule has 0 amide bonds. The molecule has 176 valence electrons. The number of ether oxygens (including phenoxy) is 1. The molecule has 0 saturated carbocycles. The number of piperidine rings is 1. The van der Waals surface area contributed by atoms with Gasteiger partial charge < -0.3 is 14.6 Å². The molecule has 4 heterocycles. The second-order valence-electron chi connectivity index (χ2n) is 8.50. The average molecular weight is 453 g/mol. The first-order valence-corrected chi connectivity index (χ1v) is 11.8. The number of nitrogens with one attached hydrogen (secondary N) is 1. The predicted octanol–water partition coefficient (Wildman–Crippen LogP) is 3.39. The number of carbonyl (C=O) groups excluding carboxylic acids is 1. The van der Waals surface area contributed by atoms with Crippen molar-refractivity contribution in [1.82, 2.24) is 29.6 Å². The second kappa shape index (κ2) is 9.82. The van der Waals surface area contributed by atoms with Crippen LogP contribution in [0.15, 0.2) is 17.1 Å². The van der Waals surface area contributed by atoms with Gasteiger partial charge in [0.1, 0.15) is 11.3 Å². The van der Waals surface area contributed by atoms with E-state index in [1.165, 1.54) is 13.1 Å². The molecule has 0 aromatic carbocycles.